The Labute approximate surface area is 121 Å². The summed E-state index contributed by atoms with van der Waals surface area (Å²) < 4.78 is 2.28. The third kappa shape index (κ3) is 2.90. The van der Waals surface area contributed by atoms with Crippen molar-refractivity contribution in [2.24, 2.45) is 0 Å². The van der Waals surface area contributed by atoms with Crippen LogP contribution in [-0.2, 0) is 0 Å². The molecule has 1 atom stereocenters. The van der Waals surface area contributed by atoms with Crippen molar-refractivity contribution >= 4 is 11.4 Å². The van der Waals surface area contributed by atoms with Crippen LogP contribution < -0.4 is 5.32 Å². The summed E-state index contributed by atoms with van der Waals surface area (Å²) in [6.45, 7) is 4.38. The molecule has 1 N–H and O–H groups in total. The fraction of sp³-hybridized carbons (Fsp3) is 0.278. The molecule has 1 heterocycles. The number of para-hydroxylation sites is 1. The minimum atomic E-state index is 0.452. The van der Waals surface area contributed by atoms with Crippen molar-refractivity contribution in [1.29, 1.82) is 0 Å². The lowest BCUT2D eigenvalue weighted by Crippen LogP contribution is -2.08. The molecule has 0 spiro atoms. The van der Waals surface area contributed by atoms with Gasteiger partial charge in [0.05, 0.1) is 5.92 Å². The van der Waals surface area contributed by atoms with Crippen molar-refractivity contribution in [3.05, 3.63) is 65.9 Å². The zero-order chi connectivity index (χ0) is 14.5. The lowest BCUT2D eigenvalue weighted by atomic mass is 9.97. The standard InChI is InChI=1S/C18H22N2/c1-14(8-7-13-19-3)11-12-17-15(2)16-9-5-6-10-18(16)20(17)4/h5-13,15H,1-4H3/p+1. The SMILES string of the molecule is CN\C=C/C=C(C)/C=C/C1=[N+](C)c2ccccc2C1C. The van der Waals surface area contributed by atoms with Gasteiger partial charge in [-0.2, -0.15) is 4.58 Å². The lowest BCUT2D eigenvalue weighted by molar-refractivity contribution is -0.401. The van der Waals surface area contributed by atoms with E-state index < -0.39 is 0 Å². The molecule has 2 rings (SSSR count). The molecule has 1 aliphatic heterocycles. The van der Waals surface area contributed by atoms with Gasteiger partial charge in [0.25, 0.3) is 0 Å². The minimum Gasteiger partial charge on any atom is -0.394 e. The third-order valence-corrected chi connectivity index (χ3v) is 3.73. The van der Waals surface area contributed by atoms with Crippen molar-refractivity contribution in [2.75, 3.05) is 14.1 Å². The highest BCUT2D eigenvalue weighted by Crippen LogP contribution is 2.33. The fourth-order valence-electron chi connectivity index (χ4n) is 2.57. The number of benzene rings is 1. The highest BCUT2D eigenvalue weighted by atomic mass is 15.0. The van der Waals surface area contributed by atoms with Crippen LogP contribution in [0.2, 0.25) is 0 Å². The molecule has 0 saturated carbocycles. The van der Waals surface area contributed by atoms with Crippen molar-refractivity contribution in [2.45, 2.75) is 19.8 Å². The number of fused-ring (bicyclic) bond motifs is 1. The van der Waals surface area contributed by atoms with Crippen molar-refractivity contribution in [1.82, 2.24) is 5.32 Å². The van der Waals surface area contributed by atoms with Gasteiger partial charge in [-0.05, 0) is 26.1 Å². The van der Waals surface area contributed by atoms with Crippen molar-refractivity contribution in [3.8, 4) is 0 Å². The normalized spacial score (nSPS) is 19.2. The second kappa shape index (κ2) is 6.38. The Kier molecular flexibility index (Phi) is 4.57. The largest absolute Gasteiger partial charge is 0.394 e. The first-order chi connectivity index (χ1) is 9.65. The Hall–Kier alpha value is -2.09. The number of hydrogen-bond acceptors (Lipinski definition) is 1. The number of nitrogens with one attached hydrogen (secondary N) is 1. The van der Waals surface area contributed by atoms with Crippen LogP contribution in [0.25, 0.3) is 0 Å². The summed E-state index contributed by atoms with van der Waals surface area (Å²) in [5.74, 6) is 0.452. The maximum absolute atomic E-state index is 2.98. The Morgan fingerprint density at radius 1 is 1.30 bits per heavy atom. The van der Waals surface area contributed by atoms with Crippen molar-refractivity contribution in [3.63, 3.8) is 0 Å². The molecule has 1 aromatic rings. The second-order valence-corrected chi connectivity index (χ2v) is 5.16. The molecule has 20 heavy (non-hydrogen) atoms. The monoisotopic (exact) mass is 267 g/mol. The summed E-state index contributed by atoms with van der Waals surface area (Å²) in [7, 11) is 4.04. The van der Waals surface area contributed by atoms with Crippen molar-refractivity contribution < 1.29 is 4.58 Å². The van der Waals surface area contributed by atoms with E-state index in [0.29, 0.717) is 5.92 Å². The summed E-state index contributed by atoms with van der Waals surface area (Å²) in [5.41, 5.74) is 5.31. The van der Waals surface area contributed by atoms with Gasteiger partial charge in [-0.25, -0.2) is 0 Å². The Morgan fingerprint density at radius 2 is 2.05 bits per heavy atom. The number of rotatable bonds is 4. The molecule has 0 aromatic heterocycles. The molecule has 2 nitrogen and oxygen atoms in total. The maximum Gasteiger partial charge on any atom is 0.209 e. The molecular formula is C18H23N2+. The van der Waals surface area contributed by atoms with Gasteiger partial charge in [0.15, 0.2) is 5.71 Å². The van der Waals surface area contributed by atoms with Gasteiger partial charge in [-0.1, -0.05) is 35.9 Å². The Bertz CT molecular complexity index is 604. The van der Waals surface area contributed by atoms with Crippen LogP contribution >= 0.6 is 0 Å². The first-order valence-electron chi connectivity index (χ1n) is 7.03. The summed E-state index contributed by atoms with van der Waals surface area (Å²) >= 11 is 0. The van der Waals surface area contributed by atoms with E-state index in [2.05, 4.69) is 73.3 Å². The van der Waals surface area contributed by atoms with Crippen LogP contribution in [0.15, 0.2) is 60.3 Å². The quantitative estimate of drug-likeness (QED) is 0.648. The first kappa shape index (κ1) is 14.3. The Balaban J connectivity index is 2.21. The molecular weight excluding hydrogens is 244 g/mol. The van der Waals surface area contributed by atoms with E-state index in [0.717, 1.165) is 0 Å². The van der Waals surface area contributed by atoms with Crippen LogP contribution in [0.3, 0.4) is 0 Å². The molecule has 1 aromatic carbocycles. The van der Waals surface area contributed by atoms with Crippen LogP contribution in [-0.4, -0.2) is 24.4 Å². The third-order valence-electron chi connectivity index (χ3n) is 3.73. The minimum absolute atomic E-state index is 0.452. The van der Waals surface area contributed by atoms with Crippen LogP contribution in [0.4, 0.5) is 5.69 Å². The van der Waals surface area contributed by atoms with E-state index in [-0.39, 0.29) is 0 Å². The summed E-state index contributed by atoms with van der Waals surface area (Å²) in [6.07, 6.45) is 10.4. The molecule has 0 fully saturated rings. The predicted octanol–water partition coefficient (Wildman–Crippen LogP) is 3.75. The van der Waals surface area contributed by atoms with Gasteiger partial charge in [0, 0.05) is 24.8 Å². The molecule has 1 unspecified atom stereocenters. The van der Waals surface area contributed by atoms with Gasteiger partial charge in [0.2, 0.25) is 5.69 Å². The molecule has 1 aliphatic rings. The molecule has 0 saturated heterocycles. The molecule has 2 heteroatoms. The molecule has 104 valence electrons. The van der Waals surface area contributed by atoms with Gasteiger partial charge in [-0.3, -0.25) is 0 Å². The highest BCUT2D eigenvalue weighted by molar-refractivity contribution is 6.00. The van der Waals surface area contributed by atoms with Gasteiger partial charge in [-0.15, -0.1) is 0 Å². The topological polar surface area (TPSA) is 15.0 Å². The van der Waals surface area contributed by atoms with Crippen LogP contribution in [0, 0.1) is 0 Å². The van der Waals surface area contributed by atoms with E-state index in [1.165, 1.54) is 22.5 Å². The van der Waals surface area contributed by atoms with Gasteiger partial charge in [0.1, 0.15) is 7.05 Å². The average molecular weight is 267 g/mol. The van der Waals surface area contributed by atoms with E-state index in [1.807, 2.05) is 19.3 Å². The van der Waals surface area contributed by atoms with Gasteiger partial charge >= 0.3 is 0 Å². The van der Waals surface area contributed by atoms with E-state index in [1.54, 1.807) is 0 Å². The number of hydrogen-bond donors (Lipinski definition) is 1. The fourth-order valence-corrected chi connectivity index (χ4v) is 2.57. The zero-order valence-electron chi connectivity index (χ0n) is 12.7. The maximum atomic E-state index is 2.98. The average Bonchev–Trinajstić information content (AvgIpc) is 2.70. The predicted molar refractivity (Wildman–Crippen MR) is 86.8 cm³/mol. The van der Waals surface area contributed by atoms with E-state index in [4.69, 9.17) is 0 Å². The smallest absolute Gasteiger partial charge is 0.209 e. The lowest BCUT2D eigenvalue weighted by Gasteiger charge is -1.99. The zero-order valence-corrected chi connectivity index (χ0v) is 12.7. The first-order valence-corrected chi connectivity index (χ1v) is 7.03. The summed E-state index contributed by atoms with van der Waals surface area (Å²) in [6, 6.07) is 8.62. The number of nitrogens with zero attached hydrogens (tertiary/aromatic N) is 1. The highest BCUT2D eigenvalue weighted by Gasteiger charge is 2.31. The molecule has 0 amide bonds. The van der Waals surface area contributed by atoms with E-state index >= 15 is 0 Å². The number of allylic oxidation sites excluding steroid dienone is 5. The van der Waals surface area contributed by atoms with Crippen LogP contribution in [0.5, 0.6) is 0 Å². The molecule has 0 radical (unpaired) electrons. The van der Waals surface area contributed by atoms with Crippen LogP contribution in [0.1, 0.15) is 25.3 Å². The summed E-state index contributed by atoms with van der Waals surface area (Å²) in [4.78, 5) is 0. The second-order valence-electron chi connectivity index (χ2n) is 5.16. The summed E-state index contributed by atoms with van der Waals surface area (Å²) in [5, 5.41) is 2.98. The molecule has 0 bridgehead atoms. The molecule has 0 aliphatic carbocycles. The Morgan fingerprint density at radius 3 is 2.75 bits per heavy atom. The van der Waals surface area contributed by atoms with Gasteiger partial charge < -0.3 is 5.32 Å². The van der Waals surface area contributed by atoms with E-state index in [9.17, 15) is 0 Å².